The van der Waals surface area contributed by atoms with Gasteiger partial charge in [0, 0.05) is 44.3 Å². The fourth-order valence-corrected chi connectivity index (χ4v) is 4.94. The summed E-state index contributed by atoms with van der Waals surface area (Å²) in [4.78, 5) is 34.9. The minimum Gasteiger partial charge on any atom is -0.491 e. The monoisotopic (exact) mass is 546 g/mol. The van der Waals surface area contributed by atoms with Gasteiger partial charge in [-0.05, 0) is 28.8 Å². The SMILES string of the molecule is CC(C)(C)C(=O)Nc1cc(Cl)cnc1COC(=O)N1CC2=C(C1)CN(C(O)N1CCc3c(O)noc3C1)C2. The second-order valence-electron chi connectivity index (χ2n) is 10.8. The first-order valence-corrected chi connectivity index (χ1v) is 12.8. The van der Waals surface area contributed by atoms with Crippen LogP contribution in [0.3, 0.4) is 0 Å². The average molecular weight is 547 g/mol. The second-order valence-corrected chi connectivity index (χ2v) is 11.3. The van der Waals surface area contributed by atoms with E-state index in [1.54, 1.807) is 31.7 Å². The standard InChI is InChI=1S/C25H31ClN6O6/c1-25(2,3)22(34)28-18-6-16(26)7-27-19(18)13-37-24(36)32-10-14-8-31(9-15(14)11-32)23(35)30-5-4-17-20(12-30)38-29-21(17)33/h6-7,23,35H,4-5,8-13H2,1-3H3,(H,28,34)(H,29,33). The number of nitrogens with zero attached hydrogens (tertiary/aromatic N) is 5. The van der Waals surface area contributed by atoms with Crippen molar-refractivity contribution in [3.8, 4) is 5.88 Å². The van der Waals surface area contributed by atoms with E-state index in [2.05, 4.69) is 15.5 Å². The highest BCUT2D eigenvalue weighted by atomic mass is 35.5. The number of carbonyl (C=O) groups is 2. The van der Waals surface area contributed by atoms with Crippen LogP contribution in [0.25, 0.3) is 0 Å². The molecule has 0 aliphatic carbocycles. The number of carbonyl (C=O) groups excluding carboxylic acids is 2. The molecule has 2 amide bonds. The highest BCUT2D eigenvalue weighted by molar-refractivity contribution is 6.30. The Morgan fingerprint density at radius 3 is 2.58 bits per heavy atom. The van der Waals surface area contributed by atoms with E-state index in [0.717, 1.165) is 11.1 Å². The van der Waals surface area contributed by atoms with Crippen molar-refractivity contribution in [2.45, 2.75) is 46.7 Å². The summed E-state index contributed by atoms with van der Waals surface area (Å²) in [5.74, 6) is 0.281. The number of anilines is 1. The van der Waals surface area contributed by atoms with Crippen LogP contribution in [0.1, 0.15) is 37.8 Å². The van der Waals surface area contributed by atoms with Gasteiger partial charge in [-0.25, -0.2) is 4.79 Å². The largest absolute Gasteiger partial charge is 0.491 e. The lowest BCUT2D eigenvalue weighted by Crippen LogP contribution is -2.50. The third-order valence-corrected chi connectivity index (χ3v) is 7.21. The molecule has 3 aliphatic rings. The lowest BCUT2D eigenvalue weighted by atomic mass is 9.95. The van der Waals surface area contributed by atoms with Gasteiger partial charge >= 0.3 is 6.09 Å². The van der Waals surface area contributed by atoms with Gasteiger partial charge in [-0.2, -0.15) is 0 Å². The number of hydrogen-bond acceptors (Lipinski definition) is 10. The van der Waals surface area contributed by atoms with Gasteiger partial charge in [0.2, 0.25) is 5.91 Å². The van der Waals surface area contributed by atoms with Gasteiger partial charge in [0.25, 0.3) is 5.88 Å². The molecule has 3 N–H and O–H groups in total. The summed E-state index contributed by atoms with van der Waals surface area (Å²) in [6, 6.07) is 1.58. The molecule has 5 heterocycles. The first kappa shape index (κ1) is 26.4. The van der Waals surface area contributed by atoms with Crippen LogP contribution < -0.4 is 5.32 Å². The smallest absolute Gasteiger partial charge is 0.410 e. The summed E-state index contributed by atoms with van der Waals surface area (Å²) in [5, 5.41) is 27.5. The highest BCUT2D eigenvalue weighted by Crippen LogP contribution is 2.31. The molecule has 0 fully saturated rings. The molecule has 0 radical (unpaired) electrons. The molecule has 3 aliphatic heterocycles. The van der Waals surface area contributed by atoms with Crippen LogP contribution in [-0.4, -0.2) is 86.1 Å². The Balaban J connectivity index is 1.13. The predicted molar refractivity (Wildman–Crippen MR) is 136 cm³/mol. The van der Waals surface area contributed by atoms with Gasteiger partial charge in [0.05, 0.1) is 22.8 Å². The Morgan fingerprint density at radius 1 is 1.18 bits per heavy atom. The van der Waals surface area contributed by atoms with Crippen molar-refractivity contribution in [3.63, 3.8) is 0 Å². The third-order valence-electron chi connectivity index (χ3n) is 7.01. The van der Waals surface area contributed by atoms with Gasteiger partial charge in [0.15, 0.2) is 12.1 Å². The molecule has 12 nitrogen and oxygen atoms in total. The van der Waals surface area contributed by atoms with Crippen molar-refractivity contribution in [1.82, 2.24) is 24.8 Å². The van der Waals surface area contributed by atoms with Crippen LogP contribution in [0, 0.1) is 5.41 Å². The summed E-state index contributed by atoms with van der Waals surface area (Å²) in [6.45, 7) is 8.10. The number of fused-ring (bicyclic) bond motifs is 1. The average Bonchev–Trinajstić information content (AvgIpc) is 3.55. The molecule has 204 valence electrons. The lowest BCUT2D eigenvalue weighted by Gasteiger charge is -2.36. The summed E-state index contributed by atoms with van der Waals surface area (Å²) >= 11 is 6.06. The van der Waals surface area contributed by atoms with Gasteiger partial charge in [0.1, 0.15) is 12.3 Å². The van der Waals surface area contributed by atoms with Crippen molar-refractivity contribution in [3.05, 3.63) is 45.4 Å². The normalized spacial score (nSPS) is 18.9. The molecule has 2 aromatic rings. The predicted octanol–water partition coefficient (Wildman–Crippen LogP) is 2.31. The molecule has 1 atom stereocenters. The summed E-state index contributed by atoms with van der Waals surface area (Å²) in [5.41, 5.74) is 3.05. The maximum absolute atomic E-state index is 12.8. The molecule has 1 unspecified atom stereocenters. The minimum atomic E-state index is -0.820. The topological polar surface area (TPSA) is 144 Å². The van der Waals surface area contributed by atoms with E-state index in [4.69, 9.17) is 20.9 Å². The Morgan fingerprint density at radius 2 is 1.89 bits per heavy atom. The van der Waals surface area contributed by atoms with E-state index < -0.39 is 17.9 Å². The van der Waals surface area contributed by atoms with Crippen LogP contribution in [0.15, 0.2) is 27.9 Å². The zero-order valence-corrected chi connectivity index (χ0v) is 22.3. The number of halogens is 1. The van der Waals surface area contributed by atoms with Crippen molar-refractivity contribution in [1.29, 1.82) is 0 Å². The van der Waals surface area contributed by atoms with Gasteiger partial charge in [-0.3, -0.25) is 19.6 Å². The minimum absolute atomic E-state index is 0.0827. The fraction of sp³-hybridized carbons (Fsp3) is 0.520. The quantitative estimate of drug-likeness (QED) is 0.478. The number of hydrogen-bond donors (Lipinski definition) is 3. The Labute approximate surface area is 224 Å². The Hall–Kier alpha value is -3.19. The van der Waals surface area contributed by atoms with Crippen molar-refractivity contribution >= 4 is 29.3 Å². The molecule has 0 aromatic carbocycles. The van der Waals surface area contributed by atoms with Crippen molar-refractivity contribution in [2.24, 2.45) is 5.41 Å². The van der Waals surface area contributed by atoms with E-state index in [9.17, 15) is 19.8 Å². The summed E-state index contributed by atoms with van der Waals surface area (Å²) in [6.07, 6.45) is 0.688. The van der Waals surface area contributed by atoms with Crippen molar-refractivity contribution in [2.75, 3.05) is 38.0 Å². The zero-order chi connectivity index (χ0) is 27.2. The highest BCUT2D eigenvalue weighted by Gasteiger charge is 2.38. The van der Waals surface area contributed by atoms with Gasteiger partial charge in [-0.1, -0.05) is 32.4 Å². The second kappa shape index (κ2) is 10.2. The summed E-state index contributed by atoms with van der Waals surface area (Å²) < 4.78 is 10.7. The van der Waals surface area contributed by atoms with Crippen molar-refractivity contribution < 1.29 is 29.1 Å². The number of aromatic hydroxyl groups is 1. The van der Waals surface area contributed by atoms with Crippen LogP contribution in [0.2, 0.25) is 5.02 Å². The molecule has 38 heavy (non-hydrogen) atoms. The zero-order valence-electron chi connectivity index (χ0n) is 21.5. The molecular weight excluding hydrogens is 516 g/mol. The van der Waals surface area contributed by atoms with E-state index in [0.29, 0.717) is 73.4 Å². The number of ether oxygens (including phenoxy) is 1. The first-order valence-electron chi connectivity index (χ1n) is 12.4. The summed E-state index contributed by atoms with van der Waals surface area (Å²) in [7, 11) is 0. The number of aromatic nitrogens is 2. The molecule has 5 rings (SSSR count). The maximum Gasteiger partial charge on any atom is 0.410 e. The number of pyridine rings is 1. The van der Waals surface area contributed by atoms with Crippen LogP contribution in [-0.2, 0) is 29.1 Å². The molecule has 0 bridgehead atoms. The molecule has 0 spiro atoms. The molecular formula is C25H31ClN6O6. The van der Waals surface area contributed by atoms with Crippen LogP contribution in [0.4, 0.5) is 10.5 Å². The van der Waals surface area contributed by atoms with E-state index >= 15 is 0 Å². The third kappa shape index (κ3) is 5.35. The first-order chi connectivity index (χ1) is 18.0. The number of amides is 2. The van der Waals surface area contributed by atoms with Gasteiger partial charge in [-0.15, -0.1) is 0 Å². The number of aliphatic hydroxyl groups is 1. The van der Waals surface area contributed by atoms with E-state index in [-0.39, 0.29) is 18.4 Å². The van der Waals surface area contributed by atoms with Crippen LogP contribution >= 0.6 is 11.6 Å². The molecule has 13 heteroatoms. The maximum atomic E-state index is 12.8. The van der Waals surface area contributed by atoms with Crippen LogP contribution in [0.5, 0.6) is 5.88 Å². The number of aliphatic hydroxyl groups excluding tert-OH is 1. The van der Waals surface area contributed by atoms with E-state index in [1.807, 2.05) is 9.80 Å². The van der Waals surface area contributed by atoms with E-state index in [1.165, 1.54) is 6.20 Å². The lowest BCUT2D eigenvalue weighted by molar-refractivity contribution is -0.123. The Kier molecular flexibility index (Phi) is 7.07. The fourth-order valence-electron chi connectivity index (χ4n) is 4.78. The molecule has 2 aromatic heterocycles. The molecule has 0 saturated carbocycles. The number of nitrogens with one attached hydrogen (secondary N) is 1. The molecule has 0 saturated heterocycles. The Bertz CT molecular complexity index is 1270. The van der Waals surface area contributed by atoms with Gasteiger partial charge < -0.3 is 29.7 Å². The number of rotatable bonds is 5.